The van der Waals surface area contributed by atoms with E-state index in [2.05, 4.69) is 197 Å². The normalized spacial score (nSPS) is 12.1. The van der Waals surface area contributed by atoms with Gasteiger partial charge in [0, 0.05) is 43.8 Å². The lowest BCUT2D eigenvalue weighted by Gasteiger charge is -2.13. The Hall–Kier alpha value is -7.89. The second-order valence-electron chi connectivity index (χ2n) is 15.2. The van der Waals surface area contributed by atoms with Crippen molar-refractivity contribution in [3.8, 4) is 56.7 Å². The Morgan fingerprint density at radius 3 is 1.47 bits per heavy atom. The zero-order valence-corrected chi connectivity index (χ0v) is 31.1. The van der Waals surface area contributed by atoms with Gasteiger partial charge in [-0.1, -0.05) is 164 Å². The summed E-state index contributed by atoms with van der Waals surface area (Å²) >= 11 is 0. The molecule has 9 aromatic carbocycles. The van der Waals surface area contributed by atoms with Crippen molar-refractivity contribution in [2.45, 2.75) is 0 Å². The highest BCUT2D eigenvalue weighted by Gasteiger charge is 2.26. The number of hydrogen-bond donors (Lipinski definition) is 0. The van der Waals surface area contributed by atoms with Crippen LogP contribution in [-0.2, 0) is 0 Å². The van der Waals surface area contributed by atoms with E-state index in [1.165, 1.54) is 49.7 Å². The van der Waals surface area contributed by atoms with E-state index >= 15 is 0 Å². The fraction of sp³-hybridized carbons (Fsp3) is 0. The van der Waals surface area contributed by atoms with Gasteiger partial charge in [-0.15, -0.1) is 0 Å². The summed E-state index contributed by atoms with van der Waals surface area (Å²) in [7, 11) is 0. The lowest BCUT2D eigenvalue weighted by atomic mass is 9.94. The van der Waals surface area contributed by atoms with Crippen molar-refractivity contribution in [3.05, 3.63) is 188 Å². The van der Waals surface area contributed by atoms with E-state index in [0.29, 0.717) is 17.6 Å². The Morgan fingerprint density at radius 1 is 0.293 bits per heavy atom. The van der Waals surface area contributed by atoms with Gasteiger partial charge in [0.05, 0.1) is 27.8 Å². The average Bonchev–Trinajstić information content (AvgIpc) is 3.75. The van der Waals surface area contributed by atoms with Crippen molar-refractivity contribution < 1.29 is 0 Å². The van der Waals surface area contributed by atoms with Gasteiger partial charge in [-0.05, 0) is 56.9 Å². The molecule has 268 valence electrons. The minimum atomic E-state index is 0.580. The molecule has 5 heteroatoms. The summed E-state index contributed by atoms with van der Waals surface area (Å²) in [6.45, 7) is 0. The zero-order chi connectivity index (χ0) is 37.9. The molecule has 0 saturated carbocycles. The Bertz CT molecular complexity index is 3590. The van der Waals surface area contributed by atoms with Gasteiger partial charge in [-0.25, -0.2) is 4.98 Å². The number of fused-ring (bicyclic) bond motifs is 13. The van der Waals surface area contributed by atoms with Crippen LogP contribution >= 0.6 is 0 Å². The molecule has 0 amide bonds. The predicted octanol–water partition coefficient (Wildman–Crippen LogP) is 13.4. The lowest BCUT2D eigenvalue weighted by molar-refractivity contribution is 0.955. The maximum Gasteiger partial charge on any atom is 0.238 e. The Balaban J connectivity index is 1.16. The van der Waals surface area contributed by atoms with Gasteiger partial charge >= 0.3 is 0 Å². The molecule has 3 aromatic heterocycles. The minimum Gasteiger partial charge on any atom is -0.308 e. The molecule has 0 spiro atoms. The van der Waals surface area contributed by atoms with Gasteiger partial charge in [0.15, 0.2) is 11.6 Å². The number of hydrogen-bond acceptors (Lipinski definition) is 3. The molecule has 0 atom stereocenters. The van der Waals surface area contributed by atoms with Gasteiger partial charge < -0.3 is 4.57 Å². The molecule has 0 bridgehead atoms. The molecule has 4 heterocycles. The summed E-state index contributed by atoms with van der Waals surface area (Å²) in [6.07, 6.45) is 0. The molecule has 0 saturated heterocycles. The lowest BCUT2D eigenvalue weighted by Crippen LogP contribution is -2.06. The minimum absolute atomic E-state index is 0.580. The summed E-state index contributed by atoms with van der Waals surface area (Å²) in [5, 5.41) is 9.15. The molecule has 0 unspecified atom stereocenters. The summed E-state index contributed by atoms with van der Waals surface area (Å²) in [4.78, 5) is 16.1. The number of aromatic nitrogens is 5. The second-order valence-corrected chi connectivity index (χ2v) is 15.2. The molecule has 58 heavy (non-hydrogen) atoms. The fourth-order valence-electron chi connectivity index (χ4n) is 9.61. The molecule has 0 aliphatic carbocycles. The molecular weight excluding hydrogens is 707 g/mol. The topological polar surface area (TPSA) is 48.5 Å². The standard InChI is InChI=1S/C53H31N5/c1-3-18-34-32(14-1)16-11-26-42(34)51-54-52(43-27-12-17-33-15-2-4-19-35(33)43)56-53(55-51)58-47-29-10-8-23-39(47)44-30-48-45(31-49(44)58)41-25-13-24-40-37-21-6-5-20-36(37)38-22-7-9-28-46(38)57(48)50(40)41/h1-31H. The first kappa shape index (κ1) is 31.3. The van der Waals surface area contributed by atoms with E-state index in [1.54, 1.807) is 0 Å². The third-order valence-corrected chi connectivity index (χ3v) is 12.1. The van der Waals surface area contributed by atoms with Crippen molar-refractivity contribution in [1.82, 2.24) is 24.1 Å². The molecule has 0 fully saturated rings. The molecule has 1 aliphatic heterocycles. The van der Waals surface area contributed by atoms with Crippen LogP contribution in [0.25, 0.3) is 122 Å². The maximum atomic E-state index is 5.39. The highest BCUT2D eigenvalue weighted by molar-refractivity contribution is 6.22. The second kappa shape index (κ2) is 11.8. The Labute approximate surface area is 332 Å². The summed E-state index contributed by atoms with van der Waals surface area (Å²) in [5.41, 5.74) is 12.5. The van der Waals surface area contributed by atoms with Crippen LogP contribution in [0.1, 0.15) is 0 Å². The first-order valence-electron chi connectivity index (χ1n) is 19.7. The van der Waals surface area contributed by atoms with Gasteiger partial charge in [-0.2, -0.15) is 9.97 Å². The third-order valence-electron chi connectivity index (χ3n) is 12.1. The largest absolute Gasteiger partial charge is 0.308 e. The van der Waals surface area contributed by atoms with Gasteiger partial charge in [-0.3, -0.25) is 4.57 Å². The van der Waals surface area contributed by atoms with E-state index in [0.717, 1.165) is 54.5 Å². The average molecular weight is 738 g/mol. The molecular formula is C53H31N5. The number of nitrogens with zero attached hydrogens (tertiary/aromatic N) is 5. The van der Waals surface area contributed by atoms with Gasteiger partial charge in [0.25, 0.3) is 0 Å². The van der Waals surface area contributed by atoms with Crippen molar-refractivity contribution in [2.24, 2.45) is 0 Å². The highest BCUT2D eigenvalue weighted by atomic mass is 15.2. The van der Waals surface area contributed by atoms with Crippen LogP contribution in [0.4, 0.5) is 0 Å². The van der Waals surface area contributed by atoms with Crippen LogP contribution in [0.5, 0.6) is 0 Å². The first-order valence-corrected chi connectivity index (χ1v) is 19.7. The predicted molar refractivity (Wildman–Crippen MR) is 239 cm³/mol. The van der Waals surface area contributed by atoms with Crippen LogP contribution < -0.4 is 0 Å². The Morgan fingerprint density at radius 2 is 0.759 bits per heavy atom. The van der Waals surface area contributed by atoms with Crippen LogP contribution in [-0.4, -0.2) is 24.1 Å². The highest BCUT2D eigenvalue weighted by Crippen LogP contribution is 2.48. The quantitative estimate of drug-likeness (QED) is 0.181. The monoisotopic (exact) mass is 737 g/mol. The van der Waals surface area contributed by atoms with Crippen LogP contribution in [0.3, 0.4) is 0 Å². The van der Waals surface area contributed by atoms with Crippen LogP contribution in [0.15, 0.2) is 188 Å². The molecule has 13 rings (SSSR count). The number of para-hydroxylation sites is 3. The fourth-order valence-corrected chi connectivity index (χ4v) is 9.61. The molecule has 0 N–H and O–H groups in total. The maximum absolute atomic E-state index is 5.39. The summed E-state index contributed by atoms with van der Waals surface area (Å²) in [6, 6.07) is 67.3. The van der Waals surface area contributed by atoms with Crippen LogP contribution in [0, 0.1) is 0 Å². The molecule has 12 aromatic rings. The van der Waals surface area contributed by atoms with Crippen molar-refractivity contribution >= 4 is 65.2 Å². The van der Waals surface area contributed by atoms with Crippen molar-refractivity contribution in [1.29, 1.82) is 0 Å². The van der Waals surface area contributed by atoms with Gasteiger partial charge in [0.2, 0.25) is 5.95 Å². The van der Waals surface area contributed by atoms with E-state index in [-0.39, 0.29) is 0 Å². The molecule has 5 nitrogen and oxygen atoms in total. The number of rotatable bonds is 3. The van der Waals surface area contributed by atoms with Crippen molar-refractivity contribution in [3.63, 3.8) is 0 Å². The SMILES string of the molecule is c1ccc2c(c1)-c1ccccc1-n1c3cc4c5ccccc5n(-c5nc(-c6cccc7ccccc67)nc(-c6cccc7ccccc67)n5)c4cc3c3cccc-2c31. The molecule has 0 radical (unpaired) electrons. The van der Waals surface area contributed by atoms with E-state index in [1.807, 2.05) is 0 Å². The van der Waals surface area contributed by atoms with Crippen LogP contribution in [0.2, 0.25) is 0 Å². The summed E-state index contributed by atoms with van der Waals surface area (Å²) in [5.74, 6) is 1.85. The van der Waals surface area contributed by atoms with Crippen molar-refractivity contribution in [2.75, 3.05) is 0 Å². The molecule has 1 aliphatic rings. The number of benzene rings is 9. The smallest absolute Gasteiger partial charge is 0.238 e. The van der Waals surface area contributed by atoms with E-state index < -0.39 is 0 Å². The third kappa shape index (κ3) is 4.33. The van der Waals surface area contributed by atoms with Gasteiger partial charge in [0.1, 0.15) is 0 Å². The summed E-state index contributed by atoms with van der Waals surface area (Å²) < 4.78 is 4.73. The Kier molecular flexibility index (Phi) is 6.38. The van der Waals surface area contributed by atoms with E-state index in [4.69, 9.17) is 15.0 Å². The zero-order valence-electron chi connectivity index (χ0n) is 31.1. The van der Waals surface area contributed by atoms with E-state index in [9.17, 15) is 0 Å². The first-order chi connectivity index (χ1) is 28.8.